The van der Waals surface area contributed by atoms with Crippen LogP contribution in [0.4, 0.5) is 4.79 Å². The molecular formula is C14H20N2O5S. The van der Waals surface area contributed by atoms with Gasteiger partial charge in [-0.2, -0.15) is 4.31 Å². The quantitative estimate of drug-likeness (QED) is 0.862. The van der Waals surface area contributed by atoms with Gasteiger partial charge in [0, 0.05) is 19.6 Å². The molecular weight excluding hydrogens is 308 g/mol. The van der Waals surface area contributed by atoms with Crippen LogP contribution in [0, 0.1) is 0 Å². The lowest BCUT2D eigenvalue weighted by Crippen LogP contribution is -2.40. The van der Waals surface area contributed by atoms with Gasteiger partial charge in [-0.05, 0) is 29.7 Å². The summed E-state index contributed by atoms with van der Waals surface area (Å²) in [7, 11) is -0.571. The largest absolute Gasteiger partial charge is 0.497 e. The fourth-order valence-corrected chi connectivity index (χ4v) is 3.67. The van der Waals surface area contributed by atoms with E-state index in [0.717, 1.165) is 16.9 Å². The first-order chi connectivity index (χ1) is 10.5. The average molecular weight is 328 g/mol. The summed E-state index contributed by atoms with van der Waals surface area (Å²) in [5, 5.41) is 2.38. The van der Waals surface area contributed by atoms with Gasteiger partial charge >= 0.3 is 6.09 Å². The number of fused-ring (bicyclic) bond motifs is 1. The van der Waals surface area contributed by atoms with Crippen molar-refractivity contribution in [3.05, 3.63) is 29.3 Å². The number of rotatable bonds is 5. The fraction of sp³-hybridized carbons (Fsp3) is 0.500. The van der Waals surface area contributed by atoms with Crippen LogP contribution in [0.15, 0.2) is 18.2 Å². The Labute approximate surface area is 130 Å². The molecule has 1 heterocycles. The van der Waals surface area contributed by atoms with Gasteiger partial charge in [-0.25, -0.2) is 13.2 Å². The molecule has 0 fully saturated rings. The zero-order chi connectivity index (χ0) is 16.2. The Hall–Kier alpha value is -1.80. The van der Waals surface area contributed by atoms with Crippen LogP contribution in [0.25, 0.3) is 0 Å². The number of sulfonamides is 1. The minimum absolute atomic E-state index is 0.0287. The van der Waals surface area contributed by atoms with Crippen LogP contribution in [0.1, 0.15) is 11.1 Å². The topological polar surface area (TPSA) is 84.9 Å². The lowest BCUT2D eigenvalue weighted by molar-refractivity contribution is 0.171. The molecule has 122 valence electrons. The molecule has 1 amide bonds. The number of amides is 1. The monoisotopic (exact) mass is 328 g/mol. The molecule has 0 atom stereocenters. The van der Waals surface area contributed by atoms with E-state index in [4.69, 9.17) is 4.74 Å². The minimum atomic E-state index is -3.41. The Bertz CT molecular complexity index is 645. The second-order valence-electron chi connectivity index (χ2n) is 4.95. The van der Waals surface area contributed by atoms with Crippen LogP contribution in [0.3, 0.4) is 0 Å². The van der Waals surface area contributed by atoms with E-state index in [1.165, 1.54) is 11.4 Å². The van der Waals surface area contributed by atoms with Crippen molar-refractivity contribution in [3.8, 4) is 5.75 Å². The number of ether oxygens (including phenoxy) is 2. The van der Waals surface area contributed by atoms with Gasteiger partial charge in [0.1, 0.15) is 5.75 Å². The Balaban J connectivity index is 2.00. The van der Waals surface area contributed by atoms with E-state index >= 15 is 0 Å². The number of nitrogens with one attached hydrogen (secondary N) is 1. The first-order valence-corrected chi connectivity index (χ1v) is 8.52. The summed E-state index contributed by atoms with van der Waals surface area (Å²) in [5.74, 6) is 0.630. The van der Waals surface area contributed by atoms with E-state index in [0.29, 0.717) is 19.5 Å². The summed E-state index contributed by atoms with van der Waals surface area (Å²) in [4.78, 5) is 10.9. The Kier molecular flexibility index (Phi) is 5.25. The summed E-state index contributed by atoms with van der Waals surface area (Å²) < 4.78 is 35.6. The number of hydrogen-bond acceptors (Lipinski definition) is 5. The molecule has 0 unspecified atom stereocenters. The van der Waals surface area contributed by atoms with Crippen molar-refractivity contribution in [1.29, 1.82) is 0 Å². The van der Waals surface area contributed by atoms with Gasteiger partial charge in [0.2, 0.25) is 10.0 Å². The highest BCUT2D eigenvalue weighted by molar-refractivity contribution is 7.89. The molecule has 1 aromatic carbocycles. The van der Waals surface area contributed by atoms with Crippen LogP contribution in [0.5, 0.6) is 5.75 Å². The number of nitrogens with zero attached hydrogens (tertiary/aromatic N) is 1. The van der Waals surface area contributed by atoms with Gasteiger partial charge in [0.05, 0.1) is 20.0 Å². The van der Waals surface area contributed by atoms with Crippen LogP contribution >= 0.6 is 0 Å². The third-order valence-electron chi connectivity index (χ3n) is 3.60. The molecule has 0 aliphatic carbocycles. The second-order valence-corrected chi connectivity index (χ2v) is 7.04. The molecule has 0 saturated carbocycles. The van der Waals surface area contributed by atoms with E-state index in [1.807, 2.05) is 18.2 Å². The van der Waals surface area contributed by atoms with Crippen molar-refractivity contribution in [2.24, 2.45) is 0 Å². The number of hydrogen-bond donors (Lipinski definition) is 1. The van der Waals surface area contributed by atoms with E-state index in [2.05, 4.69) is 10.1 Å². The number of carbonyl (C=O) groups excluding carboxylic acids is 1. The zero-order valence-corrected chi connectivity index (χ0v) is 13.5. The van der Waals surface area contributed by atoms with Crippen molar-refractivity contribution in [1.82, 2.24) is 9.62 Å². The summed E-state index contributed by atoms with van der Waals surface area (Å²) in [6, 6.07) is 5.66. The van der Waals surface area contributed by atoms with Gasteiger partial charge in [-0.3, -0.25) is 0 Å². The SMILES string of the molecule is COC(=O)NCCS(=O)(=O)N1CCc2cc(OC)ccc2C1. The average Bonchev–Trinajstić information content (AvgIpc) is 2.53. The van der Waals surface area contributed by atoms with Gasteiger partial charge in [-0.1, -0.05) is 6.07 Å². The third-order valence-corrected chi connectivity index (χ3v) is 5.42. The van der Waals surface area contributed by atoms with Gasteiger partial charge in [0.15, 0.2) is 0 Å². The molecule has 2 rings (SSSR count). The van der Waals surface area contributed by atoms with Crippen molar-refractivity contribution < 1.29 is 22.7 Å². The van der Waals surface area contributed by atoms with E-state index in [1.54, 1.807) is 7.11 Å². The summed E-state index contributed by atoms with van der Waals surface area (Å²) >= 11 is 0. The third kappa shape index (κ3) is 3.89. The van der Waals surface area contributed by atoms with Gasteiger partial charge < -0.3 is 14.8 Å². The maximum absolute atomic E-state index is 12.3. The highest BCUT2D eigenvalue weighted by Gasteiger charge is 2.26. The predicted octanol–water partition coefficient (Wildman–Crippen LogP) is 0.739. The Morgan fingerprint density at radius 3 is 2.77 bits per heavy atom. The number of carbonyl (C=O) groups is 1. The van der Waals surface area contributed by atoms with Crippen LogP contribution in [-0.4, -0.2) is 51.9 Å². The lowest BCUT2D eigenvalue weighted by Gasteiger charge is -2.28. The van der Waals surface area contributed by atoms with E-state index in [9.17, 15) is 13.2 Å². The van der Waals surface area contributed by atoms with E-state index < -0.39 is 16.1 Å². The molecule has 0 spiro atoms. The number of methoxy groups -OCH3 is 2. The Morgan fingerprint density at radius 1 is 1.32 bits per heavy atom. The summed E-state index contributed by atoms with van der Waals surface area (Å²) in [6.45, 7) is 0.807. The van der Waals surface area contributed by atoms with Crippen molar-refractivity contribution in [2.45, 2.75) is 13.0 Å². The van der Waals surface area contributed by atoms with Crippen LogP contribution in [-0.2, 0) is 27.7 Å². The second kappa shape index (κ2) is 6.97. The molecule has 8 heteroatoms. The van der Waals surface area contributed by atoms with Crippen molar-refractivity contribution in [3.63, 3.8) is 0 Å². The molecule has 1 aliphatic heterocycles. The zero-order valence-electron chi connectivity index (χ0n) is 12.7. The molecule has 0 aromatic heterocycles. The normalized spacial score (nSPS) is 15.0. The smallest absolute Gasteiger partial charge is 0.406 e. The van der Waals surface area contributed by atoms with E-state index in [-0.39, 0.29) is 12.3 Å². The Morgan fingerprint density at radius 2 is 2.09 bits per heavy atom. The summed E-state index contributed by atoms with van der Waals surface area (Å²) in [6.07, 6.45) is 0.0159. The molecule has 1 N–H and O–H groups in total. The highest BCUT2D eigenvalue weighted by Crippen LogP contribution is 2.25. The van der Waals surface area contributed by atoms with Gasteiger partial charge in [-0.15, -0.1) is 0 Å². The molecule has 0 radical (unpaired) electrons. The summed E-state index contributed by atoms with van der Waals surface area (Å²) in [5.41, 5.74) is 2.09. The standard InChI is InChI=1S/C14H20N2O5S/c1-20-13-4-3-12-10-16(7-5-11(12)9-13)22(18,19)8-6-15-14(17)21-2/h3-4,9H,5-8,10H2,1-2H3,(H,15,17). The number of benzene rings is 1. The molecule has 0 saturated heterocycles. The predicted molar refractivity (Wildman–Crippen MR) is 81.3 cm³/mol. The fourth-order valence-electron chi connectivity index (χ4n) is 2.35. The van der Waals surface area contributed by atoms with Crippen molar-refractivity contribution in [2.75, 3.05) is 33.1 Å². The highest BCUT2D eigenvalue weighted by atomic mass is 32.2. The van der Waals surface area contributed by atoms with Gasteiger partial charge in [0.25, 0.3) is 0 Å². The molecule has 0 bridgehead atoms. The first-order valence-electron chi connectivity index (χ1n) is 6.91. The molecule has 22 heavy (non-hydrogen) atoms. The lowest BCUT2D eigenvalue weighted by atomic mass is 10.0. The maximum atomic E-state index is 12.3. The first kappa shape index (κ1) is 16.6. The van der Waals surface area contributed by atoms with Crippen molar-refractivity contribution >= 4 is 16.1 Å². The molecule has 1 aromatic rings. The maximum Gasteiger partial charge on any atom is 0.406 e. The minimum Gasteiger partial charge on any atom is -0.497 e. The molecule has 1 aliphatic rings. The van der Waals surface area contributed by atoms with Crippen LogP contribution < -0.4 is 10.1 Å². The number of alkyl carbamates (subject to hydrolysis) is 1. The molecule has 7 nitrogen and oxygen atoms in total. The van der Waals surface area contributed by atoms with Crippen LogP contribution in [0.2, 0.25) is 0 Å².